The third-order valence-electron chi connectivity index (χ3n) is 4.71. The SMILES string of the molecule is O=C1c2ccccc2C(=O)N1CCCCC(I)CC(F)(F)C(F)(F)C(F)(F)C(F)(F)F. The summed E-state index contributed by atoms with van der Waals surface area (Å²) < 4.78 is 115. The largest absolute Gasteiger partial charge is 0.460 e. The fraction of sp³-hybridized carbons (Fsp3) is 0.556. The fourth-order valence-electron chi connectivity index (χ4n) is 2.99. The van der Waals surface area contributed by atoms with Gasteiger partial charge in [-0.3, -0.25) is 14.5 Å². The Morgan fingerprint density at radius 2 is 1.29 bits per heavy atom. The van der Waals surface area contributed by atoms with E-state index in [1.165, 1.54) is 34.7 Å². The first kappa shape index (κ1) is 25.7. The fourth-order valence-corrected chi connectivity index (χ4v) is 3.99. The minimum Gasteiger partial charge on any atom is -0.274 e. The molecule has 0 bridgehead atoms. The summed E-state index contributed by atoms with van der Waals surface area (Å²) in [5.41, 5.74) is 0.401. The van der Waals surface area contributed by atoms with Crippen LogP contribution >= 0.6 is 22.6 Å². The molecule has 1 aromatic carbocycles. The summed E-state index contributed by atoms with van der Waals surface area (Å²) in [6, 6.07) is 6.03. The van der Waals surface area contributed by atoms with Gasteiger partial charge in [0.2, 0.25) is 0 Å². The quantitative estimate of drug-likeness (QED) is 0.117. The normalized spacial score (nSPS) is 16.6. The zero-order valence-electron chi connectivity index (χ0n) is 15.5. The van der Waals surface area contributed by atoms with Crippen molar-refractivity contribution in [2.45, 2.75) is 53.6 Å². The zero-order chi connectivity index (χ0) is 23.8. The molecule has 13 heteroatoms. The van der Waals surface area contributed by atoms with Crippen molar-refractivity contribution in [3.8, 4) is 0 Å². The van der Waals surface area contributed by atoms with Gasteiger partial charge in [0, 0.05) is 16.9 Å². The lowest BCUT2D eigenvalue weighted by atomic mass is 9.98. The maximum absolute atomic E-state index is 13.7. The molecule has 174 valence electrons. The molecule has 0 radical (unpaired) electrons. The van der Waals surface area contributed by atoms with Gasteiger partial charge in [0.15, 0.2) is 0 Å². The molecule has 2 amide bonds. The molecule has 3 nitrogen and oxygen atoms in total. The van der Waals surface area contributed by atoms with Gasteiger partial charge in [-0.1, -0.05) is 41.1 Å². The van der Waals surface area contributed by atoms with Gasteiger partial charge < -0.3 is 0 Å². The van der Waals surface area contributed by atoms with Gasteiger partial charge >= 0.3 is 23.9 Å². The summed E-state index contributed by atoms with van der Waals surface area (Å²) >= 11 is 1.27. The molecular formula is C18H15F9INO2. The second kappa shape index (κ2) is 8.77. The van der Waals surface area contributed by atoms with Crippen molar-refractivity contribution in [3.63, 3.8) is 0 Å². The lowest BCUT2D eigenvalue weighted by molar-refractivity contribution is -0.396. The summed E-state index contributed by atoms with van der Waals surface area (Å²) in [7, 11) is 0. The first-order valence-corrected chi connectivity index (χ1v) is 10.1. The number of amides is 2. The van der Waals surface area contributed by atoms with Gasteiger partial charge in [-0.15, -0.1) is 0 Å². The number of rotatable bonds is 9. The topological polar surface area (TPSA) is 37.4 Å². The average Bonchev–Trinajstić information content (AvgIpc) is 2.88. The van der Waals surface area contributed by atoms with Gasteiger partial charge in [-0.2, -0.15) is 39.5 Å². The summed E-state index contributed by atoms with van der Waals surface area (Å²) in [5.74, 6) is -20.2. The van der Waals surface area contributed by atoms with Crippen molar-refractivity contribution in [1.82, 2.24) is 4.90 Å². The van der Waals surface area contributed by atoms with Crippen LogP contribution in [0.15, 0.2) is 24.3 Å². The van der Waals surface area contributed by atoms with Crippen molar-refractivity contribution in [2.24, 2.45) is 0 Å². The van der Waals surface area contributed by atoms with E-state index in [2.05, 4.69) is 0 Å². The Labute approximate surface area is 184 Å². The number of fused-ring (bicyclic) bond motifs is 1. The van der Waals surface area contributed by atoms with Crippen LogP contribution in [0.1, 0.15) is 46.4 Å². The molecular weight excluding hydrogens is 560 g/mol. The van der Waals surface area contributed by atoms with E-state index in [0.717, 1.165) is 4.90 Å². The number of carbonyl (C=O) groups is 2. The van der Waals surface area contributed by atoms with E-state index in [4.69, 9.17) is 0 Å². The van der Waals surface area contributed by atoms with E-state index >= 15 is 0 Å². The van der Waals surface area contributed by atoms with Crippen LogP contribution in [0.2, 0.25) is 0 Å². The van der Waals surface area contributed by atoms with Crippen molar-refractivity contribution >= 4 is 34.4 Å². The first-order valence-electron chi connectivity index (χ1n) is 8.84. The summed E-state index contributed by atoms with van der Waals surface area (Å²) in [6.07, 6.45) is -8.83. The van der Waals surface area contributed by atoms with E-state index in [-0.39, 0.29) is 36.9 Å². The van der Waals surface area contributed by atoms with E-state index in [1.807, 2.05) is 0 Å². The standard InChI is InChI=1S/C18H15F9INO2/c19-15(20,16(21,22)17(23,24)18(25,26)27)9-10(28)5-3-4-8-29-13(30)11-6-1-2-7-12(11)14(29)31/h1-2,6-7,10H,3-5,8-9H2. The maximum Gasteiger partial charge on any atom is 0.460 e. The highest BCUT2D eigenvalue weighted by Gasteiger charge is 2.81. The monoisotopic (exact) mass is 575 g/mol. The number of hydrogen-bond acceptors (Lipinski definition) is 2. The molecule has 31 heavy (non-hydrogen) atoms. The summed E-state index contributed by atoms with van der Waals surface area (Å²) in [4.78, 5) is 25.3. The minimum absolute atomic E-state index is 0.0400. The van der Waals surface area contributed by atoms with E-state index < -0.39 is 46.1 Å². The number of nitrogens with zero attached hydrogens (tertiary/aromatic N) is 1. The lowest BCUT2D eigenvalue weighted by Gasteiger charge is -2.34. The molecule has 0 aliphatic carbocycles. The van der Waals surface area contributed by atoms with Crippen LogP contribution in [-0.2, 0) is 0 Å². The minimum atomic E-state index is -6.90. The molecule has 0 spiro atoms. The highest BCUT2D eigenvalue weighted by molar-refractivity contribution is 14.1. The van der Waals surface area contributed by atoms with Crippen LogP contribution in [0.3, 0.4) is 0 Å². The van der Waals surface area contributed by atoms with Crippen molar-refractivity contribution in [3.05, 3.63) is 35.4 Å². The number of unbranched alkanes of at least 4 members (excludes halogenated alkanes) is 1. The van der Waals surface area contributed by atoms with Gasteiger partial charge in [0.25, 0.3) is 11.8 Å². The Morgan fingerprint density at radius 3 is 1.74 bits per heavy atom. The number of alkyl halides is 10. The molecule has 1 aliphatic heterocycles. The molecule has 0 N–H and O–H groups in total. The Balaban J connectivity index is 1.89. The van der Waals surface area contributed by atoms with Crippen molar-refractivity contribution in [2.75, 3.05) is 6.54 Å². The number of benzene rings is 1. The third-order valence-corrected chi connectivity index (χ3v) is 5.78. The van der Waals surface area contributed by atoms with Crippen molar-refractivity contribution in [1.29, 1.82) is 0 Å². The molecule has 0 saturated heterocycles. The number of halogens is 10. The van der Waals surface area contributed by atoms with Gasteiger partial charge in [-0.05, 0) is 25.0 Å². The first-order chi connectivity index (χ1) is 14.0. The number of carbonyl (C=O) groups excluding carboxylic acids is 2. The zero-order valence-corrected chi connectivity index (χ0v) is 17.6. The molecule has 1 aliphatic rings. The highest BCUT2D eigenvalue weighted by atomic mass is 127. The van der Waals surface area contributed by atoms with Crippen LogP contribution in [0.25, 0.3) is 0 Å². The lowest BCUT2D eigenvalue weighted by Crippen LogP contribution is -2.61. The Morgan fingerprint density at radius 1 is 0.806 bits per heavy atom. The second-order valence-electron chi connectivity index (χ2n) is 6.96. The summed E-state index contributed by atoms with van der Waals surface area (Å²) in [5, 5.41) is 0. The van der Waals surface area contributed by atoms with Crippen molar-refractivity contribution < 1.29 is 49.1 Å². The van der Waals surface area contributed by atoms with Crippen LogP contribution in [-0.4, -0.2) is 51.1 Å². The maximum atomic E-state index is 13.7. The molecule has 1 aromatic rings. The second-order valence-corrected chi connectivity index (χ2v) is 8.72. The smallest absolute Gasteiger partial charge is 0.274 e. The van der Waals surface area contributed by atoms with Crippen LogP contribution in [0.5, 0.6) is 0 Å². The molecule has 0 aromatic heterocycles. The molecule has 1 atom stereocenters. The van der Waals surface area contributed by atoms with Gasteiger partial charge in [0.05, 0.1) is 11.1 Å². The molecule has 2 rings (SSSR count). The molecule has 0 saturated carbocycles. The Hall–Kier alpha value is -1.54. The van der Waals surface area contributed by atoms with E-state index in [9.17, 15) is 49.1 Å². The average molecular weight is 575 g/mol. The van der Waals surface area contributed by atoms with E-state index in [1.54, 1.807) is 12.1 Å². The number of hydrogen-bond donors (Lipinski definition) is 0. The third kappa shape index (κ3) is 4.80. The predicted molar refractivity (Wildman–Crippen MR) is 99.0 cm³/mol. The predicted octanol–water partition coefficient (Wildman–Crippen LogP) is 6.11. The van der Waals surface area contributed by atoms with Crippen LogP contribution < -0.4 is 0 Å². The molecule has 1 heterocycles. The molecule has 1 unspecified atom stereocenters. The van der Waals surface area contributed by atoms with Crippen LogP contribution in [0, 0.1) is 0 Å². The number of imide groups is 1. The van der Waals surface area contributed by atoms with Gasteiger partial charge in [-0.25, -0.2) is 0 Å². The Kier molecular flexibility index (Phi) is 7.28. The molecule has 0 fully saturated rings. The van der Waals surface area contributed by atoms with E-state index in [0.29, 0.717) is 0 Å². The highest BCUT2D eigenvalue weighted by Crippen LogP contribution is 2.54. The van der Waals surface area contributed by atoms with Crippen LogP contribution in [0.4, 0.5) is 39.5 Å². The van der Waals surface area contributed by atoms with Gasteiger partial charge in [0.1, 0.15) is 0 Å². The Bertz CT molecular complexity index is 807. The summed E-state index contributed by atoms with van der Waals surface area (Å²) in [6.45, 7) is -0.0889.